The predicted octanol–water partition coefficient (Wildman–Crippen LogP) is 4.47. The molecule has 0 aliphatic carbocycles. The predicted molar refractivity (Wildman–Crippen MR) is 84.7 cm³/mol. The molecule has 2 aromatic rings. The topological polar surface area (TPSA) is 44.8 Å². The fourth-order valence-electron chi connectivity index (χ4n) is 2.07. The van der Waals surface area contributed by atoms with Gasteiger partial charge in [0, 0.05) is 0 Å². The molecule has 0 aliphatic heterocycles. The fraction of sp³-hybridized carbons (Fsp3) is 0.278. The smallest absolute Gasteiger partial charge is 0.416 e. The van der Waals surface area contributed by atoms with Crippen molar-refractivity contribution in [2.45, 2.75) is 19.7 Å². The van der Waals surface area contributed by atoms with Crippen molar-refractivity contribution in [3.63, 3.8) is 0 Å². The van der Waals surface area contributed by atoms with Crippen LogP contribution in [0.3, 0.4) is 0 Å². The number of alkyl halides is 3. The van der Waals surface area contributed by atoms with Gasteiger partial charge in [0.2, 0.25) is 0 Å². The first kappa shape index (κ1) is 18.6. The minimum absolute atomic E-state index is 0.0492. The molecular formula is C18H17F3O4. The first-order valence-electron chi connectivity index (χ1n) is 7.48. The first-order valence-corrected chi connectivity index (χ1v) is 7.48. The number of hydrogen-bond donors (Lipinski definition) is 0. The van der Waals surface area contributed by atoms with Crippen LogP contribution in [-0.2, 0) is 17.5 Å². The third-order valence-corrected chi connectivity index (χ3v) is 3.31. The van der Waals surface area contributed by atoms with Crippen LogP contribution >= 0.6 is 0 Å². The molecule has 134 valence electrons. The second-order valence-electron chi connectivity index (χ2n) is 5.10. The lowest BCUT2D eigenvalue weighted by molar-refractivity contribution is -0.137. The highest BCUT2D eigenvalue weighted by Gasteiger charge is 2.32. The number of methoxy groups -OCH3 is 1. The summed E-state index contributed by atoms with van der Waals surface area (Å²) in [6.07, 6.45) is -4.60. The van der Waals surface area contributed by atoms with Gasteiger partial charge in [0.1, 0.15) is 18.1 Å². The van der Waals surface area contributed by atoms with Crippen molar-refractivity contribution >= 4 is 5.97 Å². The number of carbonyl (C=O) groups excluding carboxylic acids is 1. The summed E-state index contributed by atoms with van der Waals surface area (Å²) in [7, 11) is 1.53. The van der Waals surface area contributed by atoms with E-state index in [9.17, 15) is 18.0 Å². The minimum atomic E-state index is -4.60. The summed E-state index contributed by atoms with van der Waals surface area (Å²) in [4.78, 5) is 11.8. The van der Waals surface area contributed by atoms with Gasteiger partial charge < -0.3 is 14.2 Å². The van der Waals surface area contributed by atoms with Crippen LogP contribution in [0.5, 0.6) is 11.5 Å². The van der Waals surface area contributed by atoms with Crippen molar-refractivity contribution in [2.24, 2.45) is 0 Å². The summed E-state index contributed by atoms with van der Waals surface area (Å²) in [5.41, 5.74) is -0.430. The fourth-order valence-corrected chi connectivity index (χ4v) is 2.07. The van der Waals surface area contributed by atoms with Crippen LogP contribution in [0.25, 0.3) is 0 Å². The van der Waals surface area contributed by atoms with Crippen LogP contribution in [0.4, 0.5) is 13.2 Å². The number of hydrogen-bond acceptors (Lipinski definition) is 4. The molecule has 4 nitrogen and oxygen atoms in total. The number of halogens is 3. The van der Waals surface area contributed by atoms with Crippen LogP contribution in [0.15, 0.2) is 42.5 Å². The molecule has 2 aromatic carbocycles. The highest BCUT2D eigenvalue weighted by molar-refractivity contribution is 5.90. The van der Waals surface area contributed by atoms with Gasteiger partial charge in [-0.05, 0) is 42.8 Å². The van der Waals surface area contributed by atoms with Gasteiger partial charge in [-0.25, -0.2) is 4.79 Å². The van der Waals surface area contributed by atoms with E-state index in [4.69, 9.17) is 14.2 Å². The number of carbonyl (C=O) groups is 1. The molecule has 0 radical (unpaired) electrons. The van der Waals surface area contributed by atoms with Crippen LogP contribution in [-0.4, -0.2) is 19.7 Å². The quantitative estimate of drug-likeness (QED) is 0.718. The summed E-state index contributed by atoms with van der Waals surface area (Å²) in [6.45, 7) is 1.69. The van der Waals surface area contributed by atoms with Crippen molar-refractivity contribution in [2.75, 3.05) is 13.7 Å². The van der Waals surface area contributed by atoms with E-state index in [0.717, 1.165) is 17.7 Å². The average molecular weight is 354 g/mol. The van der Waals surface area contributed by atoms with Gasteiger partial charge >= 0.3 is 12.1 Å². The van der Waals surface area contributed by atoms with Gasteiger partial charge in [-0.1, -0.05) is 12.1 Å². The second kappa shape index (κ2) is 7.92. The molecule has 0 saturated heterocycles. The molecule has 0 bridgehead atoms. The van der Waals surface area contributed by atoms with Gasteiger partial charge in [0.15, 0.2) is 0 Å². The summed E-state index contributed by atoms with van der Waals surface area (Å²) in [6, 6.07) is 9.74. The zero-order chi connectivity index (χ0) is 18.4. The molecule has 25 heavy (non-hydrogen) atoms. The lowest BCUT2D eigenvalue weighted by atomic mass is 10.1. The third-order valence-electron chi connectivity index (χ3n) is 3.31. The normalized spacial score (nSPS) is 11.1. The molecule has 0 amide bonds. The number of rotatable bonds is 6. The highest BCUT2D eigenvalue weighted by Crippen LogP contribution is 2.33. The molecule has 0 aromatic heterocycles. The molecule has 7 heteroatoms. The molecule has 0 spiro atoms. The molecule has 0 atom stereocenters. The summed E-state index contributed by atoms with van der Waals surface area (Å²) in [5, 5.41) is 0. The Bertz CT molecular complexity index is 724. The maximum atomic E-state index is 13.0. The maximum absolute atomic E-state index is 13.0. The van der Waals surface area contributed by atoms with E-state index in [2.05, 4.69) is 0 Å². The molecular weight excluding hydrogens is 337 g/mol. The van der Waals surface area contributed by atoms with E-state index in [1.54, 1.807) is 31.2 Å². The maximum Gasteiger partial charge on any atom is 0.416 e. The summed E-state index contributed by atoms with van der Waals surface area (Å²) < 4.78 is 54.3. The van der Waals surface area contributed by atoms with Crippen LogP contribution < -0.4 is 9.47 Å². The lowest BCUT2D eigenvalue weighted by Crippen LogP contribution is -2.10. The minimum Gasteiger partial charge on any atom is -0.497 e. The number of benzene rings is 2. The van der Waals surface area contributed by atoms with Crippen molar-refractivity contribution in [1.29, 1.82) is 0 Å². The second-order valence-corrected chi connectivity index (χ2v) is 5.10. The standard InChI is InChI=1S/C18H17F3O4/c1-3-24-17(22)13-8-14(18(19,20)21)10-16(9-13)25-11-12-4-6-15(23-2)7-5-12/h4-10H,3,11H2,1-2H3. The van der Waals surface area contributed by atoms with Crippen LogP contribution in [0.2, 0.25) is 0 Å². The van der Waals surface area contributed by atoms with Crippen LogP contribution in [0, 0.1) is 0 Å². The van der Waals surface area contributed by atoms with Gasteiger partial charge in [-0.3, -0.25) is 0 Å². The Kier molecular flexibility index (Phi) is 5.90. The SMILES string of the molecule is CCOC(=O)c1cc(OCc2ccc(OC)cc2)cc(C(F)(F)F)c1. The zero-order valence-electron chi connectivity index (χ0n) is 13.7. The van der Waals surface area contributed by atoms with E-state index in [1.807, 2.05) is 0 Å². The zero-order valence-corrected chi connectivity index (χ0v) is 13.7. The Balaban J connectivity index is 2.22. The average Bonchev–Trinajstić information content (AvgIpc) is 2.59. The van der Waals surface area contributed by atoms with Gasteiger partial charge in [-0.2, -0.15) is 13.2 Å². The summed E-state index contributed by atoms with van der Waals surface area (Å²) in [5.74, 6) is -0.232. The monoisotopic (exact) mass is 354 g/mol. The number of esters is 1. The Hall–Kier alpha value is -2.70. The highest BCUT2D eigenvalue weighted by atomic mass is 19.4. The lowest BCUT2D eigenvalue weighted by Gasteiger charge is -2.13. The molecule has 0 fully saturated rings. The van der Waals surface area contributed by atoms with E-state index < -0.39 is 17.7 Å². The van der Waals surface area contributed by atoms with E-state index >= 15 is 0 Å². The van der Waals surface area contributed by atoms with Crippen molar-refractivity contribution < 1.29 is 32.2 Å². The first-order chi connectivity index (χ1) is 11.8. The van der Waals surface area contributed by atoms with Gasteiger partial charge in [-0.15, -0.1) is 0 Å². The van der Waals surface area contributed by atoms with Crippen LogP contribution in [0.1, 0.15) is 28.4 Å². The molecule has 0 saturated carbocycles. The summed E-state index contributed by atoms with van der Waals surface area (Å²) >= 11 is 0. The Morgan fingerprint density at radius 2 is 1.72 bits per heavy atom. The molecule has 2 rings (SSSR count). The van der Waals surface area contributed by atoms with E-state index in [-0.39, 0.29) is 24.5 Å². The van der Waals surface area contributed by atoms with Crippen molar-refractivity contribution in [3.05, 3.63) is 59.2 Å². The molecule has 0 heterocycles. The number of ether oxygens (including phenoxy) is 3. The Morgan fingerprint density at radius 1 is 1.04 bits per heavy atom. The molecule has 0 aliphatic rings. The third kappa shape index (κ3) is 5.14. The Morgan fingerprint density at radius 3 is 2.28 bits per heavy atom. The Labute approximate surface area is 143 Å². The van der Waals surface area contributed by atoms with Crippen molar-refractivity contribution in [1.82, 2.24) is 0 Å². The van der Waals surface area contributed by atoms with E-state index in [0.29, 0.717) is 5.75 Å². The van der Waals surface area contributed by atoms with Gasteiger partial charge in [0.05, 0.1) is 24.8 Å². The van der Waals surface area contributed by atoms with Gasteiger partial charge in [0.25, 0.3) is 0 Å². The molecule has 0 unspecified atom stereocenters. The molecule has 0 N–H and O–H groups in total. The largest absolute Gasteiger partial charge is 0.497 e. The van der Waals surface area contributed by atoms with E-state index in [1.165, 1.54) is 13.2 Å². The van der Waals surface area contributed by atoms with Crippen molar-refractivity contribution in [3.8, 4) is 11.5 Å².